The summed E-state index contributed by atoms with van der Waals surface area (Å²) in [6, 6.07) is 16.9. The Morgan fingerprint density at radius 1 is 1.16 bits per heavy atom. The highest BCUT2D eigenvalue weighted by molar-refractivity contribution is 6.30. The summed E-state index contributed by atoms with van der Waals surface area (Å²) in [6.07, 6.45) is 6.58. The number of carbonyl (C=O) groups is 2. The van der Waals surface area contributed by atoms with Crippen LogP contribution in [0.3, 0.4) is 0 Å². The highest BCUT2D eigenvalue weighted by Crippen LogP contribution is 2.27. The van der Waals surface area contributed by atoms with E-state index in [1.54, 1.807) is 53.6 Å². The number of aromatic nitrogens is 2. The molecular weight excluding hydrogens is 492 g/mol. The van der Waals surface area contributed by atoms with Crippen molar-refractivity contribution in [3.05, 3.63) is 83.9 Å². The molecule has 1 aliphatic rings. The lowest BCUT2D eigenvalue weighted by Crippen LogP contribution is -2.58. The van der Waals surface area contributed by atoms with Gasteiger partial charge in [0.25, 0.3) is 0 Å². The molecule has 0 unspecified atom stereocenters. The van der Waals surface area contributed by atoms with E-state index in [2.05, 4.69) is 4.98 Å². The third kappa shape index (κ3) is 7.81. The van der Waals surface area contributed by atoms with Gasteiger partial charge in [0.15, 0.2) is 0 Å². The summed E-state index contributed by atoms with van der Waals surface area (Å²) in [5.41, 5.74) is 0.0870. The van der Waals surface area contributed by atoms with E-state index in [1.807, 2.05) is 41.1 Å². The van der Waals surface area contributed by atoms with Crippen molar-refractivity contribution >= 4 is 23.4 Å². The number of halogens is 1. The molecule has 3 aromatic rings. The first-order valence-corrected chi connectivity index (χ1v) is 12.8. The molecule has 1 fully saturated rings. The summed E-state index contributed by atoms with van der Waals surface area (Å²) < 4.78 is 14.2. The minimum Gasteiger partial charge on any atom is -0.490 e. The number of morpholine rings is 1. The molecule has 4 rings (SSSR count). The summed E-state index contributed by atoms with van der Waals surface area (Å²) in [7, 11) is 1.78. The van der Waals surface area contributed by atoms with Crippen LogP contribution in [0.2, 0.25) is 5.02 Å². The molecule has 8 nitrogen and oxygen atoms in total. The van der Waals surface area contributed by atoms with Gasteiger partial charge in [-0.15, -0.1) is 0 Å². The molecule has 0 bridgehead atoms. The van der Waals surface area contributed by atoms with Gasteiger partial charge < -0.3 is 23.8 Å². The SMILES string of the molecule is CN(Cc1ccccc1)C(=O)C[C@]1(COc2ccc(Cl)cc2)CN(C(=O)CCCn2ccnc2)CCO1. The molecule has 9 heteroatoms. The first kappa shape index (κ1) is 26.7. The maximum absolute atomic E-state index is 13.3. The van der Waals surface area contributed by atoms with Gasteiger partial charge >= 0.3 is 0 Å². The quantitative estimate of drug-likeness (QED) is 0.378. The highest BCUT2D eigenvalue weighted by Gasteiger charge is 2.42. The van der Waals surface area contributed by atoms with Crippen LogP contribution < -0.4 is 4.74 Å². The number of ether oxygens (including phenoxy) is 2. The average molecular weight is 525 g/mol. The highest BCUT2D eigenvalue weighted by atomic mass is 35.5. The minimum atomic E-state index is -0.958. The van der Waals surface area contributed by atoms with Crippen LogP contribution in [0.1, 0.15) is 24.8 Å². The lowest BCUT2D eigenvalue weighted by molar-refractivity contribution is -0.165. The summed E-state index contributed by atoms with van der Waals surface area (Å²) in [5.74, 6) is 0.601. The molecule has 0 radical (unpaired) electrons. The zero-order valence-electron chi connectivity index (χ0n) is 21.1. The second-order valence-electron chi connectivity index (χ2n) is 9.41. The van der Waals surface area contributed by atoms with Crippen LogP contribution in [0.4, 0.5) is 0 Å². The van der Waals surface area contributed by atoms with E-state index in [1.165, 1.54) is 0 Å². The fourth-order valence-electron chi connectivity index (χ4n) is 4.39. The molecule has 196 valence electrons. The lowest BCUT2D eigenvalue weighted by Gasteiger charge is -2.42. The number of nitrogens with zero attached hydrogens (tertiary/aromatic N) is 4. The fourth-order valence-corrected chi connectivity index (χ4v) is 4.52. The normalized spacial score (nSPS) is 17.4. The number of hydrogen-bond acceptors (Lipinski definition) is 5. The summed E-state index contributed by atoms with van der Waals surface area (Å²) in [4.78, 5) is 33.9. The molecule has 2 amide bonds. The van der Waals surface area contributed by atoms with Crippen molar-refractivity contribution in [2.24, 2.45) is 0 Å². The second kappa shape index (κ2) is 12.7. The van der Waals surface area contributed by atoms with Gasteiger partial charge in [-0.1, -0.05) is 41.9 Å². The maximum Gasteiger partial charge on any atom is 0.225 e. The Hall–Kier alpha value is -3.36. The van der Waals surface area contributed by atoms with Crippen molar-refractivity contribution in [1.82, 2.24) is 19.4 Å². The van der Waals surface area contributed by atoms with Crippen molar-refractivity contribution in [3.63, 3.8) is 0 Å². The number of rotatable bonds is 11. The Morgan fingerprint density at radius 2 is 1.95 bits per heavy atom. The number of imidazole rings is 1. The summed E-state index contributed by atoms with van der Waals surface area (Å²) in [6.45, 7) is 2.47. The van der Waals surface area contributed by atoms with Crippen molar-refractivity contribution < 1.29 is 19.1 Å². The maximum atomic E-state index is 13.3. The predicted molar refractivity (Wildman–Crippen MR) is 141 cm³/mol. The van der Waals surface area contributed by atoms with Crippen molar-refractivity contribution in [2.75, 3.05) is 33.4 Å². The molecule has 0 saturated carbocycles. The van der Waals surface area contributed by atoms with Gasteiger partial charge in [0.1, 0.15) is 18.0 Å². The Labute approximate surface area is 222 Å². The standard InChI is InChI=1S/C28H33ClN4O4/c1-31(19-23-6-3-2-4-7-23)27(35)18-28(21-36-25-11-9-24(29)10-12-25)20-33(16-17-37-28)26(34)8-5-14-32-15-13-30-22-32/h2-4,6-7,9-13,15,22H,5,8,14,16-21H2,1H3/t28-/m1/s1. The molecular formula is C28H33ClN4O4. The van der Waals surface area contributed by atoms with Crippen molar-refractivity contribution in [2.45, 2.75) is 38.0 Å². The first-order chi connectivity index (χ1) is 17.9. The van der Waals surface area contributed by atoms with Crippen molar-refractivity contribution in [1.29, 1.82) is 0 Å². The van der Waals surface area contributed by atoms with Crippen LogP contribution in [0, 0.1) is 0 Å². The molecule has 2 heterocycles. The van der Waals surface area contributed by atoms with Crippen molar-refractivity contribution in [3.8, 4) is 5.75 Å². The average Bonchev–Trinajstić information content (AvgIpc) is 3.43. The lowest BCUT2D eigenvalue weighted by atomic mass is 9.96. The predicted octanol–water partition coefficient (Wildman–Crippen LogP) is 4.04. The molecule has 2 aromatic carbocycles. The van der Waals surface area contributed by atoms with Gasteiger partial charge in [0, 0.05) is 50.5 Å². The third-order valence-electron chi connectivity index (χ3n) is 6.44. The fraction of sp³-hybridized carbons (Fsp3) is 0.393. The van der Waals surface area contributed by atoms with Gasteiger partial charge in [-0.25, -0.2) is 4.98 Å². The number of carbonyl (C=O) groups excluding carboxylic acids is 2. The zero-order valence-corrected chi connectivity index (χ0v) is 21.8. The number of benzene rings is 2. The van der Waals surface area contributed by atoms with Crippen LogP contribution in [0.15, 0.2) is 73.3 Å². The van der Waals surface area contributed by atoms with Gasteiger partial charge in [-0.2, -0.15) is 0 Å². The topological polar surface area (TPSA) is 76.9 Å². The molecule has 0 aliphatic carbocycles. The Balaban J connectivity index is 1.42. The minimum absolute atomic E-state index is 0.0457. The van der Waals surface area contributed by atoms with Gasteiger partial charge in [-0.3, -0.25) is 9.59 Å². The van der Waals surface area contributed by atoms with E-state index in [-0.39, 0.29) is 31.4 Å². The monoisotopic (exact) mass is 524 g/mol. The summed E-state index contributed by atoms with van der Waals surface area (Å²) >= 11 is 6.01. The second-order valence-corrected chi connectivity index (χ2v) is 9.84. The van der Waals surface area contributed by atoms with Crippen LogP contribution in [-0.2, 0) is 27.4 Å². The van der Waals surface area contributed by atoms with Crippen LogP contribution in [0.5, 0.6) is 5.75 Å². The molecule has 37 heavy (non-hydrogen) atoms. The molecule has 1 atom stereocenters. The third-order valence-corrected chi connectivity index (χ3v) is 6.70. The van der Waals surface area contributed by atoms with E-state index in [0.717, 1.165) is 12.1 Å². The number of hydrogen-bond donors (Lipinski definition) is 0. The largest absolute Gasteiger partial charge is 0.490 e. The first-order valence-electron chi connectivity index (χ1n) is 12.5. The molecule has 1 saturated heterocycles. The van der Waals surface area contributed by atoms with E-state index in [9.17, 15) is 9.59 Å². The summed E-state index contributed by atoms with van der Waals surface area (Å²) in [5, 5.41) is 0.612. The Bertz CT molecular complexity index is 1140. The van der Waals surface area contributed by atoms with E-state index >= 15 is 0 Å². The van der Waals surface area contributed by atoms with Crippen LogP contribution >= 0.6 is 11.6 Å². The van der Waals surface area contributed by atoms with E-state index in [0.29, 0.717) is 43.3 Å². The van der Waals surface area contributed by atoms with Crippen LogP contribution in [0.25, 0.3) is 0 Å². The van der Waals surface area contributed by atoms with Crippen LogP contribution in [-0.4, -0.2) is 70.1 Å². The smallest absolute Gasteiger partial charge is 0.225 e. The Morgan fingerprint density at radius 3 is 2.68 bits per heavy atom. The molecule has 0 spiro atoms. The van der Waals surface area contributed by atoms with E-state index < -0.39 is 5.60 Å². The molecule has 1 aromatic heterocycles. The number of aryl methyl sites for hydroxylation is 1. The van der Waals surface area contributed by atoms with Gasteiger partial charge in [0.05, 0.1) is 25.9 Å². The van der Waals surface area contributed by atoms with Gasteiger partial charge in [-0.05, 0) is 36.2 Å². The molecule has 1 aliphatic heterocycles. The van der Waals surface area contributed by atoms with E-state index in [4.69, 9.17) is 21.1 Å². The zero-order chi connectivity index (χ0) is 26.1. The van der Waals surface area contributed by atoms with Gasteiger partial charge in [0.2, 0.25) is 11.8 Å². The Kier molecular flexibility index (Phi) is 9.19. The number of amides is 2. The molecule has 0 N–H and O–H groups in total.